The Morgan fingerprint density at radius 1 is 1.30 bits per heavy atom. The second-order valence-corrected chi connectivity index (χ2v) is 6.17. The van der Waals surface area contributed by atoms with E-state index in [1.54, 1.807) is 0 Å². The first-order valence-electron chi connectivity index (χ1n) is 7.61. The van der Waals surface area contributed by atoms with Gasteiger partial charge in [0.05, 0.1) is 6.61 Å². The van der Waals surface area contributed by atoms with Crippen LogP contribution in [0.15, 0.2) is 18.2 Å². The standard InChI is InChI=1S/C17H23NO2/c1-12-4-3-5-16(13(12)2)17(19)18(15-6-7-15)10-14-8-9-20-11-14/h3-5,14-15H,6-11H2,1-2H3/t14-/m0/s1. The van der Waals surface area contributed by atoms with Gasteiger partial charge in [0.1, 0.15) is 0 Å². The Bertz CT molecular complexity index is 502. The second-order valence-electron chi connectivity index (χ2n) is 6.17. The number of hydrogen-bond acceptors (Lipinski definition) is 2. The van der Waals surface area contributed by atoms with Crippen LogP contribution in [0.25, 0.3) is 0 Å². The van der Waals surface area contributed by atoms with E-state index in [2.05, 4.69) is 17.9 Å². The molecule has 0 unspecified atom stereocenters. The Hall–Kier alpha value is -1.35. The Kier molecular flexibility index (Phi) is 3.79. The number of ether oxygens (including phenoxy) is 1. The van der Waals surface area contributed by atoms with Crippen molar-refractivity contribution in [2.24, 2.45) is 5.92 Å². The lowest BCUT2D eigenvalue weighted by Gasteiger charge is -2.26. The molecule has 2 aliphatic rings. The van der Waals surface area contributed by atoms with Gasteiger partial charge in [-0.3, -0.25) is 4.79 Å². The van der Waals surface area contributed by atoms with E-state index >= 15 is 0 Å². The molecule has 3 nitrogen and oxygen atoms in total. The van der Waals surface area contributed by atoms with Gasteiger partial charge in [-0.1, -0.05) is 12.1 Å². The van der Waals surface area contributed by atoms with E-state index in [4.69, 9.17) is 4.74 Å². The number of carbonyl (C=O) groups is 1. The van der Waals surface area contributed by atoms with Gasteiger partial charge < -0.3 is 9.64 Å². The number of rotatable bonds is 4. The molecule has 1 aromatic rings. The zero-order valence-electron chi connectivity index (χ0n) is 12.4. The van der Waals surface area contributed by atoms with Crippen LogP contribution in [0.5, 0.6) is 0 Å². The lowest BCUT2D eigenvalue weighted by atomic mass is 10.0. The van der Waals surface area contributed by atoms with Gasteiger partial charge in [0.15, 0.2) is 0 Å². The predicted octanol–water partition coefficient (Wildman–Crippen LogP) is 2.94. The van der Waals surface area contributed by atoms with Gasteiger partial charge in [0.2, 0.25) is 0 Å². The van der Waals surface area contributed by atoms with E-state index < -0.39 is 0 Å². The van der Waals surface area contributed by atoms with E-state index in [0.29, 0.717) is 12.0 Å². The Morgan fingerprint density at radius 2 is 2.10 bits per heavy atom. The van der Waals surface area contributed by atoms with Crippen LogP contribution in [-0.4, -0.2) is 36.6 Å². The van der Waals surface area contributed by atoms with Gasteiger partial charge in [-0.25, -0.2) is 0 Å². The Balaban J connectivity index is 1.79. The third-order valence-electron chi connectivity index (χ3n) is 4.56. The molecule has 0 N–H and O–H groups in total. The third kappa shape index (κ3) is 2.73. The summed E-state index contributed by atoms with van der Waals surface area (Å²) < 4.78 is 5.45. The SMILES string of the molecule is Cc1cccc(C(=O)N(C[C@@H]2CCOC2)C2CC2)c1C. The molecule has 3 rings (SSSR count). The molecule has 1 saturated carbocycles. The summed E-state index contributed by atoms with van der Waals surface area (Å²) in [7, 11) is 0. The predicted molar refractivity (Wildman–Crippen MR) is 78.9 cm³/mol. The quantitative estimate of drug-likeness (QED) is 0.844. The van der Waals surface area contributed by atoms with E-state index in [-0.39, 0.29) is 5.91 Å². The molecule has 1 saturated heterocycles. The van der Waals surface area contributed by atoms with Crippen LogP contribution in [0.2, 0.25) is 0 Å². The van der Waals surface area contributed by atoms with Crippen molar-refractivity contribution in [1.29, 1.82) is 0 Å². The zero-order chi connectivity index (χ0) is 14.1. The maximum Gasteiger partial charge on any atom is 0.254 e. The molecule has 2 fully saturated rings. The second kappa shape index (κ2) is 5.57. The molecule has 0 radical (unpaired) electrons. The lowest BCUT2D eigenvalue weighted by Crippen LogP contribution is -2.37. The maximum absolute atomic E-state index is 12.9. The van der Waals surface area contributed by atoms with Crippen molar-refractivity contribution in [2.45, 2.75) is 39.2 Å². The molecule has 1 aliphatic carbocycles. The Morgan fingerprint density at radius 3 is 2.75 bits per heavy atom. The highest BCUT2D eigenvalue weighted by atomic mass is 16.5. The average molecular weight is 273 g/mol. The molecule has 20 heavy (non-hydrogen) atoms. The summed E-state index contributed by atoms with van der Waals surface area (Å²) in [4.78, 5) is 15.0. The van der Waals surface area contributed by atoms with E-state index in [0.717, 1.165) is 50.1 Å². The fourth-order valence-electron chi connectivity index (χ4n) is 2.93. The lowest BCUT2D eigenvalue weighted by molar-refractivity contribution is 0.0705. The summed E-state index contributed by atoms with van der Waals surface area (Å²) in [6.07, 6.45) is 3.40. The van der Waals surface area contributed by atoms with Gasteiger partial charge in [-0.05, 0) is 50.3 Å². The minimum atomic E-state index is 0.209. The average Bonchev–Trinajstić information content (AvgIpc) is 3.15. The third-order valence-corrected chi connectivity index (χ3v) is 4.56. The van der Waals surface area contributed by atoms with Crippen molar-refractivity contribution >= 4 is 5.91 Å². The van der Waals surface area contributed by atoms with Crippen molar-refractivity contribution in [3.8, 4) is 0 Å². The largest absolute Gasteiger partial charge is 0.381 e. The molecule has 108 valence electrons. The molecule has 1 aromatic carbocycles. The van der Waals surface area contributed by atoms with Gasteiger partial charge in [-0.2, -0.15) is 0 Å². The summed E-state index contributed by atoms with van der Waals surface area (Å²) in [5.74, 6) is 0.727. The summed E-state index contributed by atoms with van der Waals surface area (Å²) in [6.45, 7) is 6.63. The van der Waals surface area contributed by atoms with E-state index in [1.165, 1.54) is 5.56 Å². The number of amides is 1. The highest BCUT2D eigenvalue weighted by molar-refractivity contribution is 5.96. The summed E-state index contributed by atoms with van der Waals surface area (Å²) in [5, 5.41) is 0. The van der Waals surface area contributed by atoms with Crippen LogP contribution in [0.3, 0.4) is 0 Å². The highest BCUT2D eigenvalue weighted by Gasteiger charge is 2.35. The molecular formula is C17H23NO2. The van der Waals surface area contributed by atoms with Crippen LogP contribution in [-0.2, 0) is 4.74 Å². The van der Waals surface area contributed by atoms with Crippen LogP contribution in [0.1, 0.15) is 40.7 Å². The zero-order valence-corrected chi connectivity index (χ0v) is 12.4. The van der Waals surface area contributed by atoms with Gasteiger partial charge in [0.25, 0.3) is 5.91 Å². The smallest absolute Gasteiger partial charge is 0.254 e. The Labute approximate surface area is 120 Å². The maximum atomic E-state index is 12.9. The summed E-state index contributed by atoms with van der Waals surface area (Å²) >= 11 is 0. The number of aryl methyl sites for hydroxylation is 1. The van der Waals surface area contributed by atoms with Crippen LogP contribution in [0, 0.1) is 19.8 Å². The van der Waals surface area contributed by atoms with Crippen LogP contribution >= 0.6 is 0 Å². The van der Waals surface area contributed by atoms with E-state index in [9.17, 15) is 4.79 Å². The number of nitrogens with zero attached hydrogens (tertiary/aromatic N) is 1. The fourth-order valence-corrected chi connectivity index (χ4v) is 2.93. The topological polar surface area (TPSA) is 29.5 Å². The van der Waals surface area contributed by atoms with Crippen molar-refractivity contribution in [3.05, 3.63) is 34.9 Å². The normalized spacial score (nSPS) is 22.0. The number of hydrogen-bond donors (Lipinski definition) is 0. The monoisotopic (exact) mass is 273 g/mol. The van der Waals surface area contributed by atoms with Gasteiger partial charge in [0, 0.05) is 30.7 Å². The summed E-state index contributed by atoms with van der Waals surface area (Å²) in [5.41, 5.74) is 3.18. The van der Waals surface area contributed by atoms with Crippen LogP contribution in [0.4, 0.5) is 0 Å². The number of benzene rings is 1. The molecular weight excluding hydrogens is 250 g/mol. The first-order valence-corrected chi connectivity index (χ1v) is 7.61. The summed E-state index contributed by atoms with van der Waals surface area (Å²) in [6, 6.07) is 6.48. The van der Waals surface area contributed by atoms with Crippen molar-refractivity contribution in [3.63, 3.8) is 0 Å². The fraction of sp³-hybridized carbons (Fsp3) is 0.588. The van der Waals surface area contributed by atoms with Crippen molar-refractivity contribution in [1.82, 2.24) is 4.90 Å². The van der Waals surface area contributed by atoms with Crippen LogP contribution < -0.4 is 0 Å². The van der Waals surface area contributed by atoms with Crippen molar-refractivity contribution in [2.75, 3.05) is 19.8 Å². The first-order chi connectivity index (χ1) is 9.66. The highest BCUT2D eigenvalue weighted by Crippen LogP contribution is 2.31. The molecule has 1 atom stereocenters. The molecule has 1 heterocycles. The molecule has 1 amide bonds. The number of carbonyl (C=O) groups excluding carboxylic acids is 1. The van der Waals surface area contributed by atoms with Gasteiger partial charge in [-0.15, -0.1) is 0 Å². The van der Waals surface area contributed by atoms with Gasteiger partial charge >= 0.3 is 0 Å². The minimum Gasteiger partial charge on any atom is -0.381 e. The molecule has 0 spiro atoms. The molecule has 0 bridgehead atoms. The minimum absolute atomic E-state index is 0.209. The first kappa shape index (κ1) is 13.6. The van der Waals surface area contributed by atoms with E-state index in [1.807, 2.05) is 19.1 Å². The molecule has 3 heteroatoms. The van der Waals surface area contributed by atoms with Crippen molar-refractivity contribution < 1.29 is 9.53 Å². The molecule has 0 aromatic heterocycles. The molecule has 1 aliphatic heterocycles.